The van der Waals surface area contributed by atoms with Crippen molar-refractivity contribution < 1.29 is 0 Å². The van der Waals surface area contributed by atoms with Gasteiger partial charge < -0.3 is 0 Å². The Balaban J connectivity index is 1.93. The maximum atomic E-state index is 9.38. The van der Waals surface area contributed by atoms with Crippen molar-refractivity contribution in [2.75, 3.05) is 0 Å². The first-order valence-electron chi connectivity index (χ1n) is 6.93. The van der Waals surface area contributed by atoms with Crippen molar-refractivity contribution in [1.82, 2.24) is 0 Å². The summed E-state index contributed by atoms with van der Waals surface area (Å²) in [6.45, 7) is 2.07. The fraction of sp³-hybridized carbons (Fsp3) is 0.294. The van der Waals surface area contributed by atoms with E-state index in [-0.39, 0.29) is 0 Å². The van der Waals surface area contributed by atoms with Crippen LogP contribution in [0.3, 0.4) is 0 Å². The van der Waals surface area contributed by atoms with Gasteiger partial charge in [0.25, 0.3) is 0 Å². The molecular formula is C17H16N2S. The van der Waals surface area contributed by atoms with Crippen molar-refractivity contribution in [3.05, 3.63) is 51.4 Å². The highest BCUT2D eigenvalue weighted by Crippen LogP contribution is 2.39. The summed E-state index contributed by atoms with van der Waals surface area (Å²) in [5.74, 6) is 0. The van der Waals surface area contributed by atoms with Crippen LogP contribution in [0.4, 0.5) is 5.00 Å². The van der Waals surface area contributed by atoms with E-state index in [1.165, 1.54) is 28.8 Å². The lowest BCUT2D eigenvalue weighted by atomic mass is 9.96. The van der Waals surface area contributed by atoms with Crippen LogP contribution in [0.15, 0.2) is 29.3 Å². The summed E-state index contributed by atoms with van der Waals surface area (Å²) >= 11 is 1.69. The lowest BCUT2D eigenvalue weighted by Gasteiger charge is -2.09. The van der Waals surface area contributed by atoms with Gasteiger partial charge in [0.05, 0.1) is 5.56 Å². The molecule has 0 fully saturated rings. The van der Waals surface area contributed by atoms with E-state index in [1.54, 1.807) is 11.3 Å². The van der Waals surface area contributed by atoms with Gasteiger partial charge in [-0.1, -0.05) is 29.8 Å². The Morgan fingerprint density at radius 3 is 2.70 bits per heavy atom. The lowest BCUT2D eigenvalue weighted by molar-refractivity contribution is 0.696. The van der Waals surface area contributed by atoms with E-state index in [9.17, 15) is 5.26 Å². The summed E-state index contributed by atoms with van der Waals surface area (Å²) in [4.78, 5) is 5.92. The Morgan fingerprint density at radius 1 is 1.20 bits per heavy atom. The van der Waals surface area contributed by atoms with Crippen LogP contribution in [0.25, 0.3) is 0 Å². The summed E-state index contributed by atoms with van der Waals surface area (Å²) < 4.78 is 0. The van der Waals surface area contributed by atoms with Crippen LogP contribution in [-0.2, 0) is 12.8 Å². The molecule has 1 aromatic carbocycles. The molecule has 0 aliphatic heterocycles. The first-order valence-corrected chi connectivity index (χ1v) is 7.75. The van der Waals surface area contributed by atoms with Crippen LogP contribution in [0.1, 0.15) is 40.0 Å². The monoisotopic (exact) mass is 280 g/mol. The van der Waals surface area contributed by atoms with Crippen LogP contribution < -0.4 is 0 Å². The zero-order chi connectivity index (χ0) is 13.9. The van der Waals surface area contributed by atoms with Crippen LogP contribution in [0.2, 0.25) is 0 Å². The largest absolute Gasteiger partial charge is 0.244 e. The molecule has 1 aromatic heterocycles. The predicted molar refractivity (Wildman–Crippen MR) is 84.1 cm³/mol. The number of benzene rings is 1. The highest BCUT2D eigenvalue weighted by Gasteiger charge is 2.19. The number of thiophene rings is 1. The standard InChI is InChI=1S/C17H16N2S/c1-12-6-8-13(9-7-12)11-19-17-15(10-18)14-4-2-3-5-16(14)20-17/h6-9,11H,2-5H2,1H3. The van der Waals surface area contributed by atoms with E-state index in [0.717, 1.165) is 29.0 Å². The zero-order valence-corrected chi connectivity index (χ0v) is 12.3. The summed E-state index contributed by atoms with van der Waals surface area (Å²) in [6.07, 6.45) is 6.43. The van der Waals surface area contributed by atoms with Crippen LogP contribution >= 0.6 is 11.3 Å². The van der Waals surface area contributed by atoms with Gasteiger partial charge >= 0.3 is 0 Å². The number of nitrogens with zero attached hydrogens (tertiary/aromatic N) is 2. The Morgan fingerprint density at radius 2 is 1.95 bits per heavy atom. The van der Waals surface area contributed by atoms with Gasteiger partial charge in [-0.2, -0.15) is 5.26 Å². The molecule has 0 bridgehead atoms. The molecule has 0 unspecified atom stereocenters. The second-order valence-electron chi connectivity index (χ2n) is 5.17. The maximum absolute atomic E-state index is 9.38. The van der Waals surface area contributed by atoms with Crippen molar-refractivity contribution in [3.8, 4) is 6.07 Å². The first kappa shape index (κ1) is 13.1. The minimum Gasteiger partial charge on any atom is -0.244 e. The molecule has 3 rings (SSSR count). The second kappa shape index (κ2) is 5.60. The van der Waals surface area contributed by atoms with E-state index in [4.69, 9.17) is 0 Å². The third-order valence-corrected chi connectivity index (χ3v) is 4.87. The van der Waals surface area contributed by atoms with Gasteiger partial charge in [0, 0.05) is 11.1 Å². The summed E-state index contributed by atoms with van der Waals surface area (Å²) in [7, 11) is 0. The number of aryl methyl sites for hydroxylation is 2. The van der Waals surface area contributed by atoms with Crippen LogP contribution in [0.5, 0.6) is 0 Å². The normalized spacial score (nSPS) is 14.2. The number of hydrogen-bond acceptors (Lipinski definition) is 3. The molecule has 3 heteroatoms. The Kier molecular flexibility index (Phi) is 3.66. The van der Waals surface area contributed by atoms with Crippen molar-refractivity contribution >= 4 is 22.6 Å². The minimum atomic E-state index is 0.799. The molecule has 0 spiro atoms. The molecule has 0 N–H and O–H groups in total. The summed E-state index contributed by atoms with van der Waals surface area (Å²) in [5, 5.41) is 10.3. The Labute approximate surface area is 123 Å². The Hall–Kier alpha value is -1.92. The van der Waals surface area contributed by atoms with Gasteiger partial charge in [0.2, 0.25) is 0 Å². The molecular weight excluding hydrogens is 264 g/mol. The van der Waals surface area contributed by atoms with Gasteiger partial charge in [0.15, 0.2) is 0 Å². The predicted octanol–water partition coefficient (Wildman–Crippen LogP) is 4.56. The van der Waals surface area contributed by atoms with Gasteiger partial charge in [-0.15, -0.1) is 11.3 Å². The van der Waals surface area contributed by atoms with Crippen molar-refractivity contribution in [3.63, 3.8) is 0 Å². The Bertz CT molecular complexity index is 687. The minimum absolute atomic E-state index is 0.799. The molecule has 20 heavy (non-hydrogen) atoms. The van der Waals surface area contributed by atoms with Gasteiger partial charge in [-0.3, -0.25) is 0 Å². The molecule has 2 nitrogen and oxygen atoms in total. The second-order valence-corrected chi connectivity index (χ2v) is 6.26. The van der Waals surface area contributed by atoms with Gasteiger partial charge in [0.1, 0.15) is 11.1 Å². The topological polar surface area (TPSA) is 36.1 Å². The zero-order valence-electron chi connectivity index (χ0n) is 11.5. The summed E-state index contributed by atoms with van der Waals surface area (Å²) in [6, 6.07) is 10.6. The molecule has 0 atom stereocenters. The molecule has 1 aliphatic rings. The molecule has 0 amide bonds. The number of fused-ring (bicyclic) bond motifs is 1. The van der Waals surface area contributed by atoms with Crippen molar-refractivity contribution in [2.45, 2.75) is 32.6 Å². The quantitative estimate of drug-likeness (QED) is 0.743. The van der Waals surface area contributed by atoms with Crippen molar-refractivity contribution in [1.29, 1.82) is 5.26 Å². The molecule has 100 valence electrons. The maximum Gasteiger partial charge on any atom is 0.134 e. The van der Waals surface area contributed by atoms with Gasteiger partial charge in [-0.25, -0.2) is 4.99 Å². The fourth-order valence-corrected chi connectivity index (χ4v) is 3.73. The lowest BCUT2D eigenvalue weighted by Crippen LogP contribution is -1.99. The first-order chi connectivity index (χ1) is 9.78. The molecule has 1 aliphatic carbocycles. The highest BCUT2D eigenvalue weighted by molar-refractivity contribution is 7.16. The fourth-order valence-electron chi connectivity index (χ4n) is 2.54. The van der Waals surface area contributed by atoms with Crippen LogP contribution in [-0.4, -0.2) is 6.21 Å². The molecule has 1 heterocycles. The van der Waals surface area contributed by atoms with E-state index in [2.05, 4.69) is 42.3 Å². The molecule has 0 saturated heterocycles. The number of nitriles is 1. The third-order valence-electron chi connectivity index (χ3n) is 3.67. The van der Waals surface area contributed by atoms with E-state index in [1.807, 2.05) is 6.21 Å². The van der Waals surface area contributed by atoms with E-state index in [0.29, 0.717) is 0 Å². The SMILES string of the molecule is Cc1ccc(C=Nc2sc3c(c2C#N)CCCC3)cc1. The molecule has 2 aromatic rings. The molecule has 0 saturated carbocycles. The smallest absolute Gasteiger partial charge is 0.134 e. The number of aliphatic imine (C=N–C) groups is 1. The van der Waals surface area contributed by atoms with Gasteiger partial charge in [-0.05, 0) is 43.7 Å². The number of rotatable bonds is 2. The van der Waals surface area contributed by atoms with E-state index < -0.39 is 0 Å². The van der Waals surface area contributed by atoms with E-state index >= 15 is 0 Å². The van der Waals surface area contributed by atoms with Crippen LogP contribution in [0, 0.1) is 18.3 Å². The average molecular weight is 280 g/mol. The van der Waals surface area contributed by atoms with Crippen molar-refractivity contribution in [2.24, 2.45) is 4.99 Å². The average Bonchev–Trinajstić information content (AvgIpc) is 2.84. The highest BCUT2D eigenvalue weighted by atomic mass is 32.1. The number of hydrogen-bond donors (Lipinski definition) is 0. The summed E-state index contributed by atoms with van der Waals surface area (Å²) in [5.41, 5.74) is 4.37. The molecule has 0 radical (unpaired) electrons. The third kappa shape index (κ3) is 2.52.